The number of hydrogen-bond donors (Lipinski definition) is 1. The topological polar surface area (TPSA) is 64.4 Å². The molecular formula is C18H14Cl2N2O3. The normalized spacial score (nSPS) is 10.6. The molecule has 25 heavy (non-hydrogen) atoms. The summed E-state index contributed by atoms with van der Waals surface area (Å²) in [6.45, 7) is 1.74. The number of nitrogens with one attached hydrogen (secondary N) is 1. The van der Waals surface area contributed by atoms with E-state index in [2.05, 4.69) is 10.3 Å². The average molecular weight is 377 g/mol. The zero-order valence-electron chi connectivity index (χ0n) is 13.5. The lowest BCUT2D eigenvalue weighted by Gasteiger charge is -2.10. The van der Waals surface area contributed by atoms with E-state index in [9.17, 15) is 4.79 Å². The highest BCUT2D eigenvalue weighted by atomic mass is 35.5. The monoisotopic (exact) mass is 376 g/mol. The minimum absolute atomic E-state index is 0.304. The predicted molar refractivity (Wildman–Crippen MR) is 97.6 cm³/mol. The van der Waals surface area contributed by atoms with Crippen molar-refractivity contribution >= 4 is 34.8 Å². The van der Waals surface area contributed by atoms with Gasteiger partial charge in [0.15, 0.2) is 5.89 Å². The van der Waals surface area contributed by atoms with E-state index in [1.807, 2.05) is 0 Å². The quantitative estimate of drug-likeness (QED) is 0.677. The molecule has 1 amide bonds. The SMILES string of the molecule is COc1ccc(C(=O)Nc2ccc(Cl)c(-c3coc(C)n3)c2)c(Cl)c1. The van der Waals surface area contributed by atoms with E-state index in [0.717, 1.165) is 0 Å². The Bertz CT molecular complexity index is 938. The van der Waals surface area contributed by atoms with Crippen LogP contribution in [0.15, 0.2) is 47.1 Å². The third-order valence-corrected chi connectivity index (χ3v) is 4.18. The summed E-state index contributed by atoms with van der Waals surface area (Å²) in [5.74, 6) is 0.777. The summed E-state index contributed by atoms with van der Waals surface area (Å²) in [7, 11) is 1.53. The van der Waals surface area contributed by atoms with Gasteiger partial charge in [-0.2, -0.15) is 0 Å². The summed E-state index contributed by atoms with van der Waals surface area (Å²) >= 11 is 12.4. The first-order chi connectivity index (χ1) is 12.0. The van der Waals surface area contributed by atoms with E-state index in [-0.39, 0.29) is 5.91 Å². The van der Waals surface area contributed by atoms with E-state index < -0.39 is 0 Å². The Morgan fingerprint density at radius 1 is 1.16 bits per heavy atom. The van der Waals surface area contributed by atoms with E-state index in [1.165, 1.54) is 13.4 Å². The molecule has 0 unspecified atom stereocenters. The summed E-state index contributed by atoms with van der Waals surface area (Å²) in [4.78, 5) is 16.7. The summed E-state index contributed by atoms with van der Waals surface area (Å²) in [5, 5.41) is 3.61. The first kappa shape index (κ1) is 17.3. The molecule has 7 heteroatoms. The number of rotatable bonds is 4. The van der Waals surface area contributed by atoms with Crippen molar-refractivity contribution in [1.82, 2.24) is 4.98 Å². The summed E-state index contributed by atoms with van der Waals surface area (Å²) in [6.07, 6.45) is 1.52. The van der Waals surface area contributed by atoms with Gasteiger partial charge in [0.25, 0.3) is 5.91 Å². The Labute approximate surface area is 154 Å². The highest BCUT2D eigenvalue weighted by molar-refractivity contribution is 6.35. The highest BCUT2D eigenvalue weighted by Gasteiger charge is 2.14. The van der Waals surface area contributed by atoms with Crippen LogP contribution in [0.1, 0.15) is 16.2 Å². The van der Waals surface area contributed by atoms with Crippen molar-refractivity contribution in [3.8, 4) is 17.0 Å². The number of aryl methyl sites for hydroxylation is 1. The molecule has 0 spiro atoms. The molecule has 0 fully saturated rings. The molecule has 0 saturated heterocycles. The molecule has 3 rings (SSSR count). The summed E-state index contributed by atoms with van der Waals surface area (Å²) in [6, 6.07) is 9.98. The molecular weight excluding hydrogens is 363 g/mol. The summed E-state index contributed by atoms with van der Waals surface area (Å²) < 4.78 is 10.3. The number of ether oxygens (including phenoxy) is 1. The Morgan fingerprint density at radius 2 is 1.96 bits per heavy atom. The second-order valence-electron chi connectivity index (χ2n) is 5.25. The van der Waals surface area contributed by atoms with E-state index >= 15 is 0 Å². The third-order valence-electron chi connectivity index (χ3n) is 3.54. The smallest absolute Gasteiger partial charge is 0.257 e. The molecule has 0 aliphatic rings. The lowest BCUT2D eigenvalue weighted by atomic mass is 10.1. The number of aromatic nitrogens is 1. The Morgan fingerprint density at radius 3 is 2.60 bits per heavy atom. The second kappa shape index (κ2) is 7.17. The number of amides is 1. The van der Waals surface area contributed by atoms with Gasteiger partial charge >= 0.3 is 0 Å². The molecule has 0 aliphatic heterocycles. The standard InChI is InChI=1S/C18H14Cl2N2O3/c1-10-21-17(9-25-10)14-7-11(3-6-15(14)19)22-18(23)13-5-4-12(24-2)8-16(13)20/h3-9H,1-2H3,(H,22,23). The van der Waals surface area contributed by atoms with Gasteiger partial charge in [-0.1, -0.05) is 23.2 Å². The number of hydrogen-bond acceptors (Lipinski definition) is 4. The van der Waals surface area contributed by atoms with Crippen molar-refractivity contribution in [1.29, 1.82) is 0 Å². The highest BCUT2D eigenvalue weighted by Crippen LogP contribution is 2.30. The third kappa shape index (κ3) is 3.78. The molecule has 0 radical (unpaired) electrons. The number of benzene rings is 2. The number of methoxy groups -OCH3 is 1. The fourth-order valence-electron chi connectivity index (χ4n) is 2.29. The fraction of sp³-hybridized carbons (Fsp3) is 0.111. The largest absolute Gasteiger partial charge is 0.497 e. The molecule has 1 N–H and O–H groups in total. The minimum Gasteiger partial charge on any atom is -0.497 e. The molecule has 0 atom stereocenters. The van der Waals surface area contributed by atoms with Gasteiger partial charge in [-0.15, -0.1) is 0 Å². The Hall–Kier alpha value is -2.50. The maximum absolute atomic E-state index is 12.5. The van der Waals surface area contributed by atoms with Gasteiger partial charge in [-0.3, -0.25) is 4.79 Å². The fourth-order valence-corrected chi connectivity index (χ4v) is 2.76. The van der Waals surface area contributed by atoms with Crippen molar-refractivity contribution < 1.29 is 13.9 Å². The molecule has 128 valence electrons. The van der Waals surface area contributed by atoms with E-state index in [1.54, 1.807) is 43.3 Å². The van der Waals surface area contributed by atoms with Crippen LogP contribution >= 0.6 is 23.2 Å². The number of oxazole rings is 1. The van der Waals surface area contributed by atoms with Gasteiger partial charge in [-0.25, -0.2) is 4.98 Å². The van der Waals surface area contributed by atoms with Gasteiger partial charge in [0.2, 0.25) is 0 Å². The minimum atomic E-state index is -0.336. The molecule has 2 aromatic carbocycles. The van der Waals surface area contributed by atoms with E-state index in [4.69, 9.17) is 32.4 Å². The molecule has 1 aromatic heterocycles. The Kier molecular flexibility index (Phi) is 4.97. The molecule has 0 aliphatic carbocycles. The van der Waals surface area contributed by atoms with Gasteiger partial charge in [0.1, 0.15) is 17.7 Å². The van der Waals surface area contributed by atoms with Crippen LogP contribution in [0.25, 0.3) is 11.3 Å². The van der Waals surface area contributed by atoms with Gasteiger partial charge < -0.3 is 14.5 Å². The van der Waals surface area contributed by atoms with Crippen molar-refractivity contribution in [3.05, 3.63) is 64.2 Å². The van der Waals surface area contributed by atoms with Gasteiger partial charge in [0.05, 0.1) is 22.7 Å². The van der Waals surface area contributed by atoms with Gasteiger partial charge in [0, 0.05) is 18.2 Å². The second-order valence-corrected chi connectivity index (χ2v) is 6.06. The number of nitrogens with zero attached hydrogens (tertiary/aromatic N) is 1. The van der Waals surface area contributed by atoms with Crippen LogP contribution in [-0.4, -0.2) is 18.0 Å². The average Bonchev–Trinajstić information content (AvgIpc) is 3.02. The maximum Gasteiger partial charge on any atom is 0.257 e. The molecule has 5 nitrogen and oxygen atoms in total. The van der Waals surface area contributed by atoms with Crippen molar-refractivity contribution in [2.45, 2.75) is 6.92 Å². The van der Waals surface area contributed by atoms with E-state index in [0.29, 0.717) is 44.2 Å². The lowest BCUT2D eigenvalue weighted by molar-refractivity contribution is 0.102. The van der Waals surface area contributed by atoms with Crippen LogP contribution in [0.3, 0.4) is 0 Å². The lowest BCUT2D eigenvalue weighted by Crippen LogP contribution is -2.12. The van der Waals surface area contributed by atoms with Gasteiger partial charge in [-0.05, 0) is 36.4 Å². The number of carbonyl (C=O) groups excluding carboxylic acids is 1. The van der Waals surface area contributed by atoms with Crippen LogP contribution in [-0.2, 0) is 0 Å². The molecule has 0 saturated carbocycles. The number of carbonyl (C=O) groups is 1. The zero-order chi connectivity index (χ0) is 18.0. The maximum atomic E-state index is 12.5. The number of anilines is 1. The molecule has 1 heterocycles. The summed E-state index contributed by atoms with van der Waals surface area (Å²) in [5.41, 5.74) is 2.17. The zero-order valence-corrected chi connectivity index (χ0v) is 15.0. The first-order valence-electron chi connectivity index (χ1n) is 7.35. The molecule has 3 aromatic rings. The van der Waals surface area contributed by atoms with Crippen LogP contribution < -0.4 is 10.1 Å². The molecule has 0 bridgehead atoms. The predicted octanol–water partition coefficient (Wildman–Crippen LogP) is 5.22. The van der Waals surface area contributed by atoms with Crippen LogP contribution in [0, 0.1) is 6.92 Å². The van der Waals surface area contributed by atoms with Crippen molar-refractivity contribution in [3.63, 3.8) is 0 Å². The van der Waals surface area contributed by atoms with Crippen LogP contribution in [0.4, 0.5) is 5.69 Å². The first-order valence-corrected chi connectivity index (χ1v) is 8.10. The van der Waals surface area contributed by atoms with Crippen molar-refractivity contribution in [2.24, 2.45) is 0 Å². The van der Waals surface area contributed by atoms with Crippen LogP contribution in [0.2, 0.25) is 10.0 Å². The van der Waals surface area contributed by atoms with Crippen LogP contribution in [0.5, 0.6) is 5.75 Å². The Balaban J connectivity index is 1.87. The van der Waals surface area contributed by atoms with Crippen molar-refractivity contribution in [2.75, 3.05) is 12.4 Å². The number of halogens is 2.